The number of anilines is 1. The molecular formula is C10H15NO3S. The maximum absolute atomic E-state index is 11.3. The van der Waals surface area contributed by atoms with Gasteiger partial charge in [0.05, 0.1) is 11.5 Å². The van der Waals surface area contributed by atoms with Crippen LogP contribution >= 0.6 is 0 Å². The molecule has 0 aliphatic heterocycles. The highest BCUT2D eigenvalue weighted by Gasteiger charge is 2.09. The van der Waals surface area contributed by atoms with Gasteiger partial charge in [0.25, 0.3) is 0 Å². The standard InChI is InChI=1S/C10H15NO3S/c1-3-4-14-9-5-8(11)6-10(7-9)15(2,12)13/h5-7H,3-4,11H2,1-2H3. The summed E-state index contributed by atoms with van der Waals surface area (Å²) >= 11 is 0. The van der Waals surface area contributed by atoms with Crippen LogP contribution in [0.3, 0.4) is 0 Å². The van der Waals surface area contributed by atoms with Gasteiger partial charge in [-0.25, -0.2) is 8.42 Å². The highest BCUT2D eigenvalue weighted by atomic mass is 32.2. The smallest absolute Gasteiger partial charge is 0.175 e. The lowest BCUT2D eigenvalue weighted by Crippen LogP contribution is -2.01. The average molecular weight is 229 g/mol. The van der Waals surface area contributed by atoms with Crippen molar-refractivity contribution in [1.29, 1.82) is 0 Å². The fourth-order valence-corrected chi connectivity index (χ4v) is 1.79. The molecule has 0 fully saturated rings. The molecule has 0 aliphatic carbocycles. The Kier molecular flexibility index (Phi) is 3.57. The number of nitrogens with two attached hydrogens (primary N) is 1. The first-order chi connectivity index (χ1) is 6.93. The van der Waals surface area contributed by atoms with E-state index in [1.54, 1.807) is 6.07 Å². The molecule has 0 aromatic heterocycles. The Morgan fingerprint density at radius 3 is 2.53 bits per heavy atom. The summed E-state index contributed by atoms with van der Waals surface area (Å²) in [4.78, 5) is 0.189. The van der Waals surface area contributed by atoms with Gasteiger partial charge in [-0.05, 0) is 18.6 Å². The Morgan fingerprint density at radius 1 is 1.33 bits per heavy atom. The van der Waals surface area contributed by atoms with E-state index in [9.17, 15) is 8.42 Å². The van der Waals surface area contributed by atoms with E-state index in [4.69, 9.17) is 10.5 Å². The lowest BCUT2D eigenvalue weighted by molar-refractivity contribution is 0.317. The van der Waals surface area contributed by atoms with Crippen molar-refractivity contribution in [1.82, 2.24) is 0 Å². The van der Waals surface area contributed by atoms with E-state index >= 15 is 0 Å². The van der Waals surface area contributed by atoms with Crippen molar-refractivity contribution in [3.63, 3.8) is 0 Å². The SMILES string of the molecule is CCCOc1cc(N)cc(S(C)(=O)=O)c1. The number of benzene rings is 1. The largest absolute Gasteiger partial charge is 0.493 e. The Morgan fingerprint density at radius 2 is 2.00 bits per heavy atom. The predicted octanol–water partition coefficient (Wildman–Crippen LogP) is 1.46. The van der Waals surface area contributed by atoms with E-state index < -0.39 is 9.84 Å². The molecule has 0 radical (unpaired) electrons. The van der Waals surface area contributed by atoms with Crippen LogP contribution < -0.4 is 10.5 Å². The lowest BCUT2D eigenvalue weighted by Gasteiger charge is -2.07. The van der Waals surface area contributed by atoms with Crippen molar-refractivity contribution >= 4 is 15.5 Å². The number of hydrogen-bond acceptors (Lipinski definition) is 4. The Hall–Kier alpha value is -1.23. The fourth-order valence-electron chi connectivity index (χ4n) is 1.11. The molecule has 2 N–H and O–H groups in total. The van der Waals surface area contributed by atoms with Crippen molar-refractivity contribution < 1.29 is 13.2 Å². The topological polar surface area (TPSA) is 69.4 Å². The summed E-state index contributed by atoms with van der Waals surface area (Å²) in [5.41, 5.74) is 5.98. The number of hydrogen-bond donors (Lipinski definition) is 1. The Labute approximate surface area is 90.0 Å². The summed E-state index contributed by atoms with van der Waals surface area (Å²) in [6, 6.07) is 4.53. The van der Waals surface area contributed by atoms with Crippen LogP contribution in [-0.4, -0.2) is 21.3 Å². The summed E-state index contributed by atoms with van der Waals surface area (Å²) in [6.45, 7) is 2.52. The van der Waals surface area contributed by atoms with E-state index in [1.807, 2.05) is 6.92 Å². The van der Waals surface area contributed by atoms with E-state index in [1.165, 1.54) is 12.1 Å². The number of ether oxygens (including phenoxy) is 1. The molecule has 4 nitrogen and oxygen atoms in total. The summed E-state index contributed by atoms with van der Waals surface area (Å²) in [5.74, 6) is 0.497. The molecule has 0 bridgehead atoms. The second-order valence-corrected chi connectivity index (χ2v) is 5.37. The molecule has 0 aliphatic rings. The minimum Gasteiger partial charge on any atom is -0.493 e. The molecular weight excluding hydrogens is 214 g/mol. The van der Waals surface area contributed by atoms with Gasteiger partial charge < -0.3 is 10.5 Å². The highest BCUT2D eigenvalue weighted by Crippen LogP contribution is 2.22. The first-order valence-corrected chi connectivity index (χ1v) is 6.56. The Balaban J connectivity index is 3.06. The van der Waals surface area contributed by atoms with Crippen LogP contribution in [0.5, 0.6) is 5.75 Å². The van der Waals surface area contributed by atoms with Gasteiger partial charge in [0, 0.05) is 18.0 Å². The number of nitrogen functional groups attached to an aromatic ring is 1. The zero-order chi connectivity index (χ0) is 11.5. The molecule has 1 rings (SSSR count). The summed E-state index contributed by atoms with van der Waals surface area (Å²) < 4.78 is 27.9. The van der Waals surface area contributed by atoms with Gasteiger partial charge in [0.1, 0.15) is 5.75 Å². The second kappa shape index (κ2) is 4.53. The summed E-state index contributed by atoms with van der Waals surface area (Å²) in [5, 5.41) is 0. The molecule has 0 heterocycles. The van der Waals surface area contributed by atoms with Crippen LogP contribution in [0.2, 0.25) is 0 Å². The van der Waals surface area contributed by atoms with Gasteiger partial charge in [-0.2, -0.15) is 0 Å². The van der Waals surface area contributed by atoms with Crippen LogP contribution in [0.1, 0.15) is 13.3 Å². The van der Waals surface area contributed by atoms with Crippen LogP contribution in [0, 0.1) is 0 Å². The maximum Gasteiger partial charge on any atom is 0.175 e. The fraction of sp³-hybridized carbons (Fsp3) is 0.400. The quantitative estimate of drug-likeness (QED) is 0.793. The van der Waals surface area contributed by atoms with Gasteiger partial charge in [-0.1, -0.05) is 6.92 Å². The molecule has 0 spiro atoms. The number of rotatable bonds is 4. The highest BCUT2D eigenvalue weighted by molar-refractivity contribution is 7.90. The summed E-state index contributed by atoms with van der Waals surface area (Å²) in [6.07, 6.45) is 2.01. The second-order valence-electron chi connectivity index (χ2n) is 3.36. The third-order valence-electron chi connectivity index (χ3n) is 1.80. The van der Waals surface area contributed by atoms with E-state index in [0.29, 0.717) is 18.0 Å². The zero-order valence-corrected chi connectivity index (χ0v) is 9.67. The minimum atomic E-state index is -3.23. The first kappa shape index (κ1) is 11.8. The zero-order valence-electron chi connectivity index (χ0n) is 8.86. The van der Waals surface area contributed by atoms with Crippen molar-refractivity contribution in [2.45, 2.75) is 18.2 Å². The maximum atomic E-state index is 11.3. The van der Waals surface area contributed by atoms with Crippen molar-refractivity contribution in [3.05, 3.63) is 18.2 Å². The third kappa shape index (κ3) is 3.43. The molecule has 0 saturated carbocycles. The Bertz CT molecular complexity index is 440. The molecule has 15 heavy (non-hydrogen) atoms. The van der Waals surface area contributed by atoms with Gasteiger partial charge in [0.2, 0.25) is 0 Å². The van der Waals surface area contributed by atoms with E-state index in [0.717, 1.165) is 12.7 Å². The molecule has 0 saturated heterocycles. The van der Waals surface area contributed by atoms with Gasteiger partial charge in [0.15, 0.2) is 9.84 Å². The van der Waals surface area contributed by atoms with Gasteiger partial charge in [-0.3, -0.25) is 0 Å². The minimum absolute atomic E-state index is 0.189. The van der Waals surface area contributed by atoms with Crippen molar-refractivity contribution in [2.75, 3.05) is 18.6 Å². The molecule has 0 unspecified atom stereocenters. The first-order valence-electron chi connectivity index (χ1n) is 4.67. The van der Waals surface area contributed by atoms with Crippen molar-refractivity contribution in [2.24, 2.45) is 0 Å². The van der Waals surface area contributed by atoms with E-state index in [-0.39, 0.29) is 4.90 Å². The van der Waals surface area contributed by atoms with Crippen LogP contribution in [-0.2, 0) is 9.84 Å². The number of sulfone groups is 1. The molecule has 84 valence electrons. The molecule has 1 aromatic carbocycles. The van der Waals surface area contributed by atoms with Crippen molar-refractivity contribution in [3.8, 4) is 5.75 Å². The van der Waals surface area contributed by atoms with Crippen LogP contribution in [0.4, 0.5) is 5.69 Å². The normalized spacial score (nSPS) is 11.3. The lowest BCUT2D eigenvalue weighted by atomic mass is 10.3. The van der Waals surface area contributed by atoms with Crippen LogP contribution in [0.25, 0.3) is 0 Å². The van der Waals surface area contributed by atoms with Gasteiger partial charge >= 0.3 is 0 Å². The monoisotopic (exact) mass is 229 g/mol. The van der Waals surface area contributed by atoms with E-state index in [2.05, 4.69) is 0 Å². The summed E-state index contributed by atoms with van der Waals surface area (Å²) in [7, 11) is -3.23. The molecule has 1 aromatic rings. The predicted molar refractivity (Wildman–Crippen MR) is 59.8 cm³/mol. The molecule has 5 heteroatoms. The third-order valence-corrected chi connectivity index (χ3v) is 2.90. The van der Waals surface area contributed by atoms with Crippen LogP contribution in [0.15, 0.2) is 23.1 Å². The molecule has 0 amide bonds. The molecule has 0 atom stereocenters. The van der Waals surface area contributed by atoms with Gasteiger partial charge in [-0.15, -0.1) is 0 Å². The average Bonchev–Trinajstić information content (AvgIpc) is 2.12.